The van der Waals surface area contributed by atoms with E-state index in [1.807, 2.05) is 49.4 Å². The summed E-state index contributed by atoms with van der Waals surface area (Å²) in [6.45, 7) is 2.20. The maximum absolute atomic E-state index is 12.1. The molecule has 4 nitrogen and oxygen atoms in total. The normalized spacial score (nSPS) is 11.9. The molecular weight excluding hydrogens is 238 g/mol. The predicted octanol–water partition coefficient (Wildman–Crippen LogP) is 1.82. The van der Waals surface area contributed by atoms with Gasteiger partial charge in [0, 0.05) is 12.2 Å². The van der Waals surface area contributed by atoms with Crippen LogP contribution in [0.25, 0.3) is 0 Å². The van der Waals surface area contributed by atoms with Crippen molar-refractivity contribution < 1.29 is 4.79 Å². The number of nitrogens with zero attached hydrogens (tertiary/aromatic N) is 1. The van der Waals surface area contributed by atoms with Gasteiger partial charge in [0.1, 0.15) is 5.69 Å². The van der Waals surface area contributed by atoms with Crippen molar-refractivity contribution in [3.8, 4) is 0 Å². The fourth-order valence-electron chi connectivity index (χ4n) is 1.87. The molecule has 0 saturated carbocycles. The maximum atomic E-state index is 12.1. The van der Waals surface area contributed by atoms with Crippen molar-refractivity contribution in [2.24, 2.45) is 5.73 Å². The number of nitrogens with one attached hydrogen (secondary N) is 1. The first-order valence-corrected chi connectivity index (χ1v) is 6.20. The Morgan fingerprint density at radius 1 is 1.21 bits per heavy atom. The van der Waals surface area contributed by atoms with Crippen molar-refractivity contribution in [1.82, 2.24) is 10.3 Å². The first-order chi connectivity index (χ1) is 9.20. The van der Waals surface area contributed by atoms with Gasteiger partial charge >= 0.3 is 0 Å². The molecule has 1 unspecified atom stereocenters. The van der Waals surface area contributed by atoms with E-state index in [1.165, 1.54) is 0 Å². The Labute approximate surface area is 112 Å². The molecule has 0 spiro atoms. The lowest BCUT2D eigenvalue weighted by Crippen LogP contribution is -2.33. The molecule has 19 heavy (non-hydrogen) atoms. The molecular formula is C15H17N3O. The zero-order valence-corrected chi connectivity index (χ0v) is 10.8. The van der Waals surface area contributed by atoms with E-state index in [2.05, 4.69) is 10.3 Å². The Hall–Kier alpha value is -2.20. The summed E-state index contributed by atoms with van der Waals surface area (Å²) in [5.74, 6) is -0.206. The van der Waals surface area contributed by atoms with Crippen LogP contribution >= 0.6 is 0 Å². The van der Waals surface area contributed by atoms with E-state index < -0.39 is 0 Å². The lowest BCUT2D eigenvalue weighted by atomic mass is 10.1. The molecule has 3 N–H and O–H groups in total. The standard InChI is InChI=1S/C15H17N3O/c1-11-6-5-9-13(17-11)15(19)18-14(10-16)12-7-3-2-4-8-12/h2-9,14H,10,16H2,1H3,(H,18,19). The van der Waals surface area contributed by atoms with Crippen LogP contribution in [0.15, 0.2) is 48.5 Å². The highest BCUT2D eigenvalue weighted by molar-refractivity contribution is 5.92. The van der Waals surface area contributed by atoms with Crippen molar-refractivity contribution in [2.75, 3.05) is 6.54 Å². The molecule has 0 aliphatic heterocycles. The van der Waals surface area contributed by atoms with Crippen LogP contribution < -0.4 is 11.1 Å². The number of carbonyl (C=O) groups is 1. The maximum Gasteiger partial charge on any atom is 0.270 e. The van der Waals surface area contributed by atoms with Gasteiger partial charge in [-0.25, -0.2) is 4.98 Å². The topological polar surface area (TPSA) is 68.0 Å². The first-order valence-electron chi connectivity index (χ1n) is 6.20. The zero-order chi connectivity index (χ0) is 13.7. The fourth-order valence-corrected chi connectivity index (χ4v) is 1.87. The molecule has 0 radical (unpaired) electrons. The van der Waals surface area contributed by atoms with Crippen molar-refractivity contribution >= 4 is 5.91 Å². The third-order valence-electron chi connectivity index (χ3n) is 2.86. The molecule has 98 valence electrons. The van der Waals surface area contributed by atoms with Crippen molar-refractivity contribution in [1.29, 1.82) is 0 Å². The van der Waals surface area contributed by atoms with Crippen LogP contribution in [0.5, 0.6) is 0 Å². The number of amides is 1. The summed E-state index contributed by atoms with van der Waals surface area (Å²) < 4.78 is 0. The molecule has 1 heterocycles. The van der Waals surface area contributed by atoms with Crippen LogP contribution in [0.4, 0.5) is 0 Å². The van der Waals surface area contributed by atoms with Crippen LogP contribution in [-0.4, -0.2) is 17.4 Å². The average Bonchev–Trinajstić information content (AvgIpc) is 2.45. The summed E-state index contributed by atoms with van der Waals surface area (Å²) in [4.78, 5) is 16.3. The second-order valence-corrected chi connectivity index (χ2v) is 4.34. The number of carbonyl (C=O) groups excluding carboxylic acids is 1. The van der Waals surface area contributed by atoms with E-state index in [0.29, 0.717) is 12.2 Å². The van der Waals surface area contributed by atoms with Gasteiger partial charge in [0.25, 0.3) is 5.91 Å². The smallest absolute Gasteiger partial charge is 0.270 e. The molecule has 2 rings (SSSR count). The molecule has 0 bridgehead atoms. The number of hydrogen-bond donors (Lipinski definition) is 2. The van der Waals surface area contributed by atoms with E-state index in [1.54, 1.807) is 6.07 Å². The van der Waals surface area contributed by atoms with Crippen LogP contribution in [0.1, 0.15) is 27.8 Å². The van der Waals surface area contributed by atoms with Crippen molar-refractivity contribution in [2.45, 2.75) is 13.0 Å². The van der Waals surface area contributed by atoms with E-state index in [0.717, 1.165) is 11.3 Å². The lowest BCUT2D eigenvalue weighted by Gasteiger charge is -2.17. The van der Waals surface area contributed by atoms with Gasteiger partial charge in [-0.15, -0.1) is 0 Å². The Morgan fingerprint density at radius 3 is 2.58 bits per heavy atom. The predicted molar refractivity (Wildman–Crippen MR) is 74.7 cm³/mol. The van der Waals surface area contributed by atoms with Crippen LogP contribution in [-0.2, 0) is 0 Å². The molecule has 0 saturated heterocycles. The second-order valence-electron chi connectivity index (χ2n) is 4.34. The van der Waals surface area contributed by atoms with Gasteiger partial charge < -0.3 is 11.1 Å². The minimum atomic E-state index is -0.206. The molecule has 2 aromatic rings. The molecule has 1 aromatic carbocycles. The quantitative estimate of drug-likeness (QED) is 0.875. The third kappa shape index (κ3) is 3.39. The highest BCUT2D eigenvalue weighted by Crippen LogP contribution is 2.11. The molecule has 0 aliphatic carbocycles. The highest BCUT2D eigenvalue weighted by Gasteiger charge is 2.14. The van der Waals surface area contributed by atoms with Gasteiger partial charge in [0.05, 0.1) is 6.04 Å². The Balaban J connectivity index is 2.13. The molecule has 1 aromatic heterocycles. The van der Waals surface area contributed by atoms with E-state index in [9.17, 15) is 4.79 Å². The summed E-state index contributed by atoms with van der Waals surface area (Å²) in [5.41, 5.74) is 7.95. The summed E-state index contributed by atoms with van der Waals surface area (Å²) in [5, 5.41) is 2.90. The average molecular weight is 255 g/mol. The monoisotopic (exact) mass is 255 g/mol. The molecule has 1 atom stereocenters. The van der Waals surface area contributed by atoms with Crippen LogP contribution in [0, 0.1) is 6.92 Å². The SMILES string of the molecule is Cc1cccc(C(=O)NC(CN)c2ccccc2)n1. The van der Waals surface area contributed by atoms with E-state index >= 15 is 0 Å². The molecule has 4 heteroatoms. The third-order valence-corrected chi connectivity index (χ3v) is 2.86. The van der Waals surface area contributed by atoms with Crippen molar-refractivity contribution in [3.05, 3.63) is 65.5 Å². The van der Waals surface area contributed by atoms with Gasteiger partial charge in [-0.1, -0.05) is 36.4 Å². The zero-order valence-electron chi connectivity index (χ0n) is 10.8. The number of aromatic nitrogens is 1. The number of benzene rings is 1. The Kier molecular flexibility index (Phi) is 4.26. The van der Waals surface area contributed by atoms with Crippen molar-refractivity contribution in [3.63, 3.8) is 0 Å². The van der Waals surface area contributed by atoms with Gasteiger partial charge in [-0.05, 0) is 24.6 Å². The van der Waals surface area contributed by atoms with Crippen LogP contribution in [0.2, 0.25) is 0 Å². The Morgan fingerprint density at radius 2 is 1.95 bits per heavy atom. The number of pyridine rings is 1. The van der Waals surface area contributed by atoms with Gasteiger partial charge in [-0.3, -0.25) is 4.79 Å². The minimum absolute atomic E-state index is 0.198. The summed E-state index contributed by atoms with van der Waals surface area (Å²) >= 11 is 0. The summed E-state index contributed by atoms with van der Waals surface area (Å²) in [7, 11) is 0. The minimum Gasteiger partial charge on any atom is -0.343 e. The number of rotatable bonds is 4. The van der Waals surface area contributed by atoms with E-state index in [4.69, 9.17) is 5.73 Å². The van der Waals surface area contributed by atoms with Gasteiger partial charge in [-0.2, -0.15) is 0 Å². The largest absolute Gasteiger partial charge is 0.343 e. The van der Waals surface area contributed by atoms with E-state index in [-0.39, 0.29) is 11.9 Å². The second kappa shape index (κ2) is 6.11. The summed E-state index contributed by atoms with van der Waals surface area (Å²) in [6.07, 6.45) is 0. The number of hydrogen-bond acceptors (Lipinski definition) is 3. The highest BCUT2D eigenvalue weighted by atomic mass is 16.1. The van der Waals surface area contributed by atoms with Gasteiger partial charge in [0.2, 0.25) is 0 Å². The number of nitrogens with two attached hydrogens (primary N) is 1. The fraction of sp³-hybridized carbons (Fsp3) is 0.200. The molecule has 0 fully saturated rings. The lowest BCUT2D eigenvalue weighted by molar-refractivity contribution is 0.0932. The molecule has 0 aliphatic rings. The van der Waals surface area contributed by atoms with Crippen LogP contribution in [0.3, 0.4) is 0 Å². The number of aryl methyl sites for hydroxylation is 1. The molecule has 1 amide bonds. The summed E-state index contributed by atoms with van der Waals surface area (Å²) in [6, 6.07) is 14.8. The Bertz CT molecular complexity index is 554. The first kappa shape index (κ1) is 13.2. The van der Waals surface area contributed by atoms with Gasteiger partial charge in [0.15, 0.2) is 0 Å².